The van der Waals surface area contributed by atoms with Crippen molar-refractivity contribution in [3.63, 3.8) is 0 Å². The summed E-state index contributed by atoms with van der Waals surface area (Å²) in [7, 11) is 0. The van der Waals surface area contributed by atoms with Gasteiger partial charge in [0.05, 0.1) is 6.10 Å². The van der Waals surface area contributed by atoms with Gasteiger partial charge < -0.3 is 14.6 Å². The Kier molecular flexibility index (Phi) is 4.57. The summed E-state index contributed by atoms with van der Waals surface area (Å²) < 4.78 is 24.2. The lowest BCUT2D eigenvalue weighted by atomic mass is 10.2. The zero-order valence-electron chi connectivity index (χ0n) is 9.99. The van der Waals surface area contributed by atoms with Crippen LogP contribution in [0.5, 0.6) is 5.75 Å². The van der Waals surface area contributed by atoms with E-state index in [0.717, 1.165) is 19.4 Å². The molecule has 1 fully saturated rings. The second kappa shape index (κ2) is 6.39. The Morgan fingerprint density at radius 2 is 2.33 bits per heavy atom. The van der Waals surface area contributed by atoms with E-state index in [1.165, 1.54) is 12.1 Å². The molecular formula is C14H15FO3. The summed E-state index contributed by atoms with van der Waals surface area (Å²) in [6.45, 7) is 0.948. The molecule has 1 aliphatic rings. The Bertz CT molecular complexity index is 456. The topological polar surface area (TPSA) is 38.7 Å². The Labute approximate surface area is 106 Å². The van der Waals surface area contributed by atoms with Gasteiger partial charge in [0, 0.05) is 18.2 Å². The second-order valence-corrected chi connectivity index (χ2v) is 4.08. The van der Waals surface area contributed by atoms with Crippen molar-refractivity contribution in [1.29, 1.82) is 0 Å². The molecule has 0 spiro atoms. The fourth-order valence-electron chi connectivity index (χ4n) is 1.82. The molecule has 1 aromatic carbocycles. The molecule has 1 unspecified atom stereocenters. The molecule has 0 radical (unpaired) electrons. The predicted molar refractivity (Wildman–Crippen MR) is 64.8 cm³/mol. The normalized spacial score (nSPS) is 18.2. The van der Waals surface area contributed by atoms with Crippen LogP contribution in [0.4, 0.5) is 4.39 Å². The van der Waals surface area contributed by atoms with Gasteiger partial charge in [0.1, 0.15) is 24.8 Å². The SMILES string of the molecule is OCC#Cc1cc(F)cc(OCC2CCCO2)c1. The van der Waals surface area contributed by atoms with E-state index in [2.05, 4.69) is 11.8 Å². The summed E-state index contributed by atoms with van der Waals surface area (Å²) >= 11 is 0. The van der Waals surface area contributed by atoms with Crippen molar-refractivity contribution in [3.05, 3.63) is 29.6 Å². The lowest BCUT2D eigenvalue weighted by Gasteiger charge is -2.11. The zero-order valence-corrected chi connectivity index (χ0v) is 9.99. The molecule has 4 heteroatoms. The molecule has 1 heterocycles. The fourth-order valence-corrected chi connectivity index (χ4v) is 1.82. The maximum atomic E-state index is 13.3. The van der Waals surface area contributed by atoms with E-state index >= 15 is 0 Å². The van der Waals surface area contributed by atoms with Crippen molar-refractivity contribution < 1.29 is 19.0 Å². The van der Waals surface area contributed by atoms with E-state index in [1.807, 2.05) is 0 Å². The summed E-state index contributed by atoms with van der Waals surface area (Å²) in [6.07, 6.45) is 2.12. The van der Waals surface area contributed by atoms with Crippen LogP contribution in [0, 0.1) is 17.7 Å². The Hall–Kier alpha value is -1.57. The molecular weight excluding hydrogens is 235 g/mol. The van der Waals surface area contributed by atoms with Crippen LogP contribution < -0.4 is 4.74 Å². The molecule has 0 amide bonds. The van der Waals surface area contributed by atoms with Gasteiger partial charge in [0.25, 0.3) is 0 Å². The van der Waals surface area contributed by atoms with Gasteiger partial charge in [-0.1, -0.05) is 11.8 Å². The molecule has 1 aromatic rings. The van der Waals surface area contributed by atoms with Crippen LogP contribution in [0.15, 0.2) is 18.2 Å². The molecule has 0 saturated carbocycles. The third kappa shape index (κ3) is 3.73. The molecule has 0 aliphatic carbocycles. The molecule has 96 valence electrons. The first kappa shape index (κ1) is 12.9. The molecule has 3 nitrogen and oxygen atoms in total. The first-order valence-electron chi connectivity index (χ1n) is 5.92. The molecule has 1 aliphatic heterocycles. The van der Waals surface area contributed by atoms with Gasteiger partial charge in [-0.3, -0.25) is 0 Å². The molecule has 0 aromatic heterocycles. The smallest absolute Gasteiger partial charge is 0.128 e. The minimum atomic E-state index is -0.401. The molecule has 1 N–H and O–H groups in total. The minimum absolute atomic E-state index is 0.0974. The van der Waals surface area contributed by atoms with Gasteiger partial charge in [-0.15, -0.1) is 0 Å². The third-order valence-electron chi connectivity index (χ3n) is 2.64. The van der Waals surface area contributed by atoms with E-state index in [1.54, 1.807) is 6.07 Å². The van der Waals surface area contributed by atoms with Crippen LogP contribution in [0.1, 0.15) is 18.4 Å². The molecule has 2 rings (SSSR count). The average molecular weight is 250 g/mol. The number of halogens is 1. The van der Waals surface area contributed by atoms with Crippen LogP contribution in [0.25, 0.3) is 0 Å². The summed E-state index contributed by atoms with van der Waals surface area (Å²) in [5, 5.41) is 8.60. The van der Waals surface area contributed by atoms with Gasteiger partial charge in [0.2, 0.25) is 0 Å². The van der Waals surface area contributed by atoms with Gasteiger partial charge in [0.15, 0.2) is 0 Å². The zero-order chi connectivity index (χ0) is 12.8. The predicted octanol–water partition coefficient (Wildman–Crippen LogP) is 1.73. The maximum absolute atomic E-state index is 13.3. The van der Waals surface area contributed by atoms with E-state index in [4.69, 9.17) is 14.6 Å². The monoisotopic (exact) mass is 250 g/mol. The molecule has 1 saturated heterocycles. The number of hydrogen-bond acceptors (Lipinski definition) is 3. The lowest BCUT2D eigenvalue weighted by molar-refractivity contribution is 0.0678. The van der Waals surface area contributed by atoms with Crippen molar-refractivity contribution in [1.82, 2.24) is 0 Å². The van der Waals surface area contributed by atoms with Crippen molar-refractivity contribution in [2.75, 3.05) is 19.8 Å². The van der Waals surface area contributed by atoms with Crippen LogP contribution in [-0.4, -0.2) is 31.0 Å². The highest BCUT2D eigenvalue weighted by atomic mass is 19.1. The van der Waals surface area contributed by atoms with Crippen molar-refractivity contribution >= 4 is 0 Å². The Morgan fingerprint density at radius 1 is 1.44 bits per heavy atom. The summed E-state index contributed by atoms with van der Waals surface area (Å²) in [4.78, 5) is 0. The number of rotatable bonds is 3. The van der Waals surface area contributed by atoms with Crippen LogP contribution in [0.3, 0.4) is 0 Å². The maximum Gasteiger partial charge on any atom is 0.128 e. The van der Waals surface area contributed by atoms with E-state index in [-0.39, 0.29) is 12.7 Å². The van der Waals surface area contributed by atoms with Crippen LogP contribution in [-0.2, 0) is 4.74 Å². The number of benzene rings is 1. The quantitative estimate of drug-likeness (QED) is 0.830. The van der Waals surface area contributed by atoms with Gasteiger partial charge >= 0.3 is 0 Å². The van der Waals surface area contributed by atoms with Crippen LogP contribution in [0.2, 0.25) is 0 Å². The molecule has 18 heavy (non-hydrogen) atoms. The number of aliphatic hydroxyl groups is 1. The fraction of sp³-hybridized carbons (Fsp3) is 0.429. The number of aliphatic hydroxyl groups excluding tert-OH is 1. The van der Waals surface area contributed by atoms with E-state index < -0.39 is 5.82 Å². The molecule has 1 atom stereocenters. The van der Waals surface area contributed by atoms with Gasteiger partial charge in [-0.05, 0) is 25.0 Å². The van der Waals surface area contributed by atoms with E-state index in [0.29, 0.717) is 17.9 Å². The van der Waals surface area contributed by atoms with E-state index in [9.17, 15) is 4.39 Å². The standard InChI is InChI=1S/C14H15FO3/c15-12-7-11(3-1-5-16)8-14(9-12)18-10-13-4-2-6-17-13/h7-9,13,16H,2,4-6,10H2. The highest BCUT2D eigenvalue weighted by Gasteiger charge is 2.16. The summed E-state index contributed by atoms with van der Waals surface area (Å²) in [5.41, 5.74) is 0.492. The first-order chi connectivity index (χ1) is 8.78. The van der Waals surface area contributed by atoms with Gasteiger partial charge in [-0.25, -0.2) is 4.39 Å². The largest absolute Gasteiger partial charge is 0.491 e. The summed E-state index contributed by atoms with van der Waals surface area (Å²) in [5.74, 6) is 5.16. The highest BCUT2D eigenvalue weighted by Crippen LogP contribution is 2.18. The van der Waals surface area contributed by atoms with Gasteiger partial charge in [-0.2, -0.15) is 0 Å². The van der Waals surface area contributed by atoms with Crippen molar-refractivity contribution in [2.24, 2.45) is 0 Å². The Balaban J connectivity index is 2.00. The lowest BCUT2D eigenvalue weighted by Crippen LogP contribution is -2.16. The first-order valence-corrected chi connectivity index (χ1v) is 5.92. The van der Waals surface area contributed by atoms with Crippen molar-refractivity contribution in [3.8, 4) is 17.6 Å². The Morgan fingerprint density at radius 3 is 3.06 bits per heavy atom. The second-order valence-electron chi connectivity index (χ2n) is 4.08. The highest BCUT2D eigenvalue weighted by molar-refractivity contribution is 5.40. The number of ether oxygens (including phenoxy) is 2. The third-order valence-corrected chi connectivity index (χ3v) is 2.64. The van der Waals surface area contributed by atoms with Crippen molar-refractivity contribution in [2.45, 2.75) is 18.9 Å². The van der Waals surface area contributed by atoms with Crippen LogP contribution >= 0.6 is 0 Å². The average Bonchev–Trinajstić information content (AvgIpc) is 2.86. The minimum Gasteiger partial charge on any atom is -0.491 e. The number of hydrogen-bond donors (Lipinski definition) is 1. The molecule has 0 bridgehead atoms. The summed E-state index contributed by atoms with van der Waals surface area (Å²) in [6, 6.07) is 4.28.